The Kier molecular flexibility index (Phi) is 4.35. The molecule has 5 heteroatoms. The van der Waals surface area contributed by atoms with Crippen molar-refractivity contribution in [3.8, 4) is 0 Å². The average Bonchev–Trinajstić information content (AvgIpc) is 3.11. The fraction of sp³-hybridized carbons (Fsp3) is 0.846. The van der Waals surface area contributed by atoms with E-state index in [1.807, 2.05) is 20.8 Å². The van der Waals surface area contributed by atoms with Crippen molar-refractivity contribution in [2.45, 2.75) is 58.2 Å². The van der Waals surface area contributed by atoms with Gasteiger partial charge in [0.05, 0.1) is 12.0 Å². The molecule has 1 aliphatic carbocycles. The lowest BCUT2D eigenvalue weighted by Gasteiger charge is -2.13. The summed E-state index contributed by atoms with van der Waals surface area (Å²) in [6.45, 7) is 6.46. The second-order valence-electron chi connectivity index (χ2n) is 4.97. The predicted molar refractivity (Wildman–Crippen MR) is 66.1 cm³/mol. The quantitative estimate of drug-likeness (QED) is 0.809. The molecular formula is C13H22N2O3. The second kappa shape index (κ2) is 5.80. The van der Waals surface area contributed by atoms with Crippen LogP contribution in [-0.4, -0.2) is 28.0 Å². The lowest BCUT2D eigenvalue weighted by atomic mass is 10.0. The van der Waals surface area contributed by atoms with Gasteiger partial charge in [0.1, 0.15) is 6.10 Å². The molecule has 1 saturated carbocycles. The molecule has 1 aliphatic rings. The molecular weight excluding hydrogens is 232 g/mol. The van der Waals surface area contributed by atoms with E-state index in [1.165, 1.54) is 12.8 Å². The highest BCUT2D eigenvalue weighted by molar-refractivity contribution is 5.01. The molecule has 0 aliphatic heterocycles. The van der Waals surface area contributed by atoms with E-state index in [9.17, 15) is 5.11 Å². The Bertz CT molecular complexity index is 376. The second-order valence-corrected chi connectivity index (χ2v) is 4.97. The SMILES string of the molecule is CCOC(c1noc(C(C)C(O)CC)n1)C1CC1. The Morgan fingerprint density at radius 2 is 2.17 bits per heavy atom. The van der Waals surface area contributed by atoms with Gasteiger partial charge in [-0.2, -0.15) is 4.98 Å². The number of aliphatic hydroxyl groups is 1. The van der Waals surface area contributed by atoms with Gasteiger partial charge in [-0.15, -0.1) is 0 Å². The number of hydrogen-bond acceptors (Lipinski definition) is 5. The maximum atomic E-state index is 9.79. The molecule has 1 aromatic rings. The topological polar surface area (TPSA) is 68.4 Å². The highest BCUT2D eigenvalue weighted by Crippen LogP contribution is 2.42. The van der Waals surface area contributed by atoms with Gasteiger partial charge in [-0.05, 0) is 32.1 Å². The van der Waals surface area contributed by atoms with Crippen LogP contribution in [0.3, 0.4) is 0 Å². The Morgan fingerprint density at radius 3 is 2.72 bits per heavy atom. The summed E-state index contributed by atoms with van der Waals surface area (Å²) in [4.78, 5) is 4.40. The van der Waals surface area contributed by atoms with Crippen LogP contribution >= 0.6 is 0 Å². The summed E-state index contributed by atoms with van der Waals surface area (Å²) in [6, 6.07) is 0. The third-order valence-electron chi connectivity index (χ3n) is 3.49. The Hall–Kier alpha value is -0.940. The fourth-order valence-corrected chi connectivity index (χ4v) is 2.07. The van der Waals surface area contributed by atoms with Crippen molar-refractivity contribution in [1.29, 1.82) is 0 Å². The standard InChI is InChI=1S/C13H22N2O3/c1-4-10(16)8(3)13-14-12(15-18-13)11(17-5-2)9-6-7-9/h8-11,16H,4-7H2,1-3H3. The van der Waals surface area contributed by atoms with E-state index in [1.54, 1.807) is 0 Å². The van der Waals surface area contributed by atoms with Crippen molar-refractivity contribution < 1.29 is 14.4 Å². The van der Waals surface area contributed by atoms with E-state index >= 15 is 0 Å². The highest BCUT2D eigenvalue weighted by atomic mass is 16.5. The minimum Gasteiger partial charge on any atom is -0.392 e. The maximum absolute atomic E-state index is 9.79. The van der Waals surface area contributed by atoms with Crippen LogP contribution in [-0.2, 0) is 4.74 Å². The molecule has 5 nitrogen and oxygen atoms in total. The largest absolute Gasteiger partial charge is 0.392 e. The summed E-state index contributed by atoms with van der Waals surface area (Å²) in [6.07, 6.45) is 2.53. The minimum atomic E-state index is -0.440. The number of aliphatic hydroxyl groups excluding tert-OH is 1. The van der Waals surface area contributed by atoms with Crippen LogP contribution in [0, 0.1) is 5.92 Å². The van der Waals surface area contributed by atoms with Crippen molar-refractivity contribution in [1.82, 2.24) is 10.1 Å². The maximum Gasteiger partial charge on any atom is 0.232 e. The van der Waals surface area contributed by atoms with Crippen LogP contribution in [0.25, 0.3) is 0 Å². The molecule has 2 rings (SSSR count). The minimum absolute atomic E-state index is 0.0431. The summed E-state index contributed by atoms with van der Waals surface area (Å²) in [5, 5.41) is 13.8. The molecule has 0 aromatic carbocycles. The van der Waals surface area contributed by atoms with Crippen molar-refractivity contribution in [3.05, 3.63) is 11.7 Å². The van der Waals surface area contributed by atoms with Gasteiger partial charge < -0.3 is 14.4 Å². The zero-order valence-electron chi connectivity index (χ0n) is 11.3. The van der Waals surface area contributed by atoms with E-state index in [-0.39, 0.29) is 12.0 Å². The number of aromatic nitrogens is 2. The fourth-order valence-electron chi connectivity index (χ4n) is 2.07. The Labute approximate surface area is 108 Å². The van der Waals surface area contributed by atoms with Gasteiger partial charge in [0, 0.05) is 6.61 Å². The normalized spacial score (nSPS) is 20.7. The first-order valence-electron chi connectivity index (χ1n) is 6.80. The van der Waals surface area contributed by atoms with Gasteiger partial charge >= 0.3 is 0 Å². The Balaban J connectivity index is 2.08. The summed E-state index contributed by atoms with van der Waals surface area (Å²) < 4.78 is 10.9. The van der Waals surface area contributed by atoms with Crippen molar-refractivity contribution in [2.75, 3.05) is 6.61 Å². The van der Waals surface area contributed by atoms with Crippen LogP contribution in [0.5, 0.6) is 0 Å². The molecule has 3 atom stereocenters. The van der Waals surface area contributed by atoms with Crippen LogP contribution in [0.15, 0.2) is 4.52 Å². The number of rotatable bonds is 7. The lowest BCUT2D eigenvalue weighted by molar-refractivity contribution is 0.0384. The third-order valence-corrected chi connectivity index (χ3v) is 3.49. The third kappa shape index (κ3) is 2.90. The van der Waals surface area contributed by atoms with Crippen LogP contribution in [0.2, 0.25) is 0 Å². The molecule has 1 N–H and O–H groups in total. The monoisotopic (exact) mass is 254 g/mol. The molecule has 1 aromatic heterocycles. The molecule has 0 spiro atoms. The zero-order valence-corrected chi connectivity index (χ0v) is 11.3. The van der Waals surface area contributed by atoms with E-state index in [4.69, 9.17) is 9.26 Å². The van der Waals surface area contributed by atoms with Crippen LogP contribution < -0.4 is 0 Å². The zero-order chi connectivity index (χ0) is 13.1. The highest BCUT2D eigenvalue weighted by Gasteiger charge is 2.36. The molecule has 0 radical (unpaired) electrons. The average molecular weight is 254 g/mol. The van der Waals surface area contributed by atoms with Crippen LogP contribution in [0.1, 0.15) is 63.8 Å². The van der Waals surface area contributed by atoms with Crippen molar-refractivity contribution >= 4 is 0 Å². The summed E-state index contributed by atoms with van der Waals surface area (Å²) in [7, 11) is 0. The molecule has 3 unspecified atom stereocenters. The van der Waals surface area contributed by atoms with Gasteiger partial charge in [0.2, 0.25) is 11.7 Å². The number of nitrogens with zero attached hydrogens (tertiary/aromatic N) is 2. The first-order chi connectivity index (χ1) is 8.67. The van der Waals surface area contributed by atoms with E-state index in [0.29, 0.717) is 30.7 Å². The molecule has 1 heterocycles. The van der Waals surface area contributed by atoms with Gasteiger partial charge in [-0.1, -0.05) is 19.0 Å². The van der Waals surface area contributed by atoms with Gasteiger partial charge in [-0.3, -0.25) is 0 Å². The van der Waals surface area contributed by atoms with Crippen molar-refractivity contribution in [3.63, 3.8) is 0 Å². The number of ether oxygens (including phenoxy) is 1. The summed E-state index contributed by atoms with van der Waals surface area (Å²) >= 11 is 0. The first kappa shape index (κ1) is 13.5. The van der Waals surface area contributed by atoms with Gasteiger partial charge in [-0.25, -0.2) is 0 Å². The number of hydrogen-bond donors (Lipinski definition) is 1. The molecule has 1 fully saturated rings. The van der Waals surface area contributed by atoms with Gasteiger partial charge in [0.15, 0.2) is 0 Å². The Morgan fingerprint density at radius 1 is 1.44 bits per heavy atom. The first-order valence-corrected chi connectivity index (χ1v) is 6.80. The van der Waals surface area contributed by atoms with Crippen molar-refractivity contribution in [2.24, 2.45) is 5.92 Å². The lowest BCUT2D eigenvalue weighted by Crippen LogP contribution is -2.15. The van der Waals surface area contributed by atoms with E-state index in [2.05, 4.69) is 10.1 Å². The van der Waals surface area contributed by atoms with E-state index < -0.39 is 6.10 Å². The summed E-state index contributed by atoms with van der Waals surface area (Å²) in [5.41, 5.74) is 0. The van der Waals surface area contributed by atoms with E-state index in [0.717, 1.165) is 0 Å². The molecule has 102 valence electrons. The van der Waals surface area contributed by atoms with Crippen LogP contribution in [0.4, 0.5) is 0 Å². The molecule has 18 heavy (non-hydrogen) atoms. The molecule has 0 saturated heterocycles. The van der Waals surface area contributed by atoms with Gasteiger partial charge in [0.25, 0.3) is 0 Å². The predicted octanol–water partition coefficient (Wildman–Crippen LogP) is 2.43. The summed E-state index contributed by atoms with van der Waals surface area (Å²) in [5.74, 6) is 1.54. The molecule has 0 bridgehead atoms. The molecule has 0 amide bonds. The smallest absolute Gasteiger partial charge is 0.232 e.